The molecule has 92 valence electrons. The van der Waals surface area contributed by atoms with Crippen molar-refractivity contribution in [2.45, 2.75) is 37.7 Å². The summed E-state index contributed by atoms with van der Waals surface area (Å²) in [7, 11) is -2.97. The highest BCUT2D eigenvalue weighted by atomic mass is 32.2. The van der Waals surface area contributed by atoms with Crippen LogP contribution in [0.5, 0.6) is 0 Å². The fourth-order valence-corrected chi connectivity index (χ4v) is 2.21. The van der Waals surface area contributed by atoms with Gasteiger partial charge in [0.1, 0.15) is 0 Å². The van der Waals surface area contributed by atoms with Gasteiger partial charge >= 0.3 is 0 Å². The molecule has 0 spiro atoms. The van der Waals surface area contributed by atoms with Crippen LogP contribution in [0.1, 0.15) is 27.7 Å². The van der Waals surface area contributed by atoms with Gasteiger partial charge in [-0.3, -0.25) is 0 Å². The maximum atomic E-state index is 11.7. The van der Waals surface area contributed by atoms with Crippen LogP contribution in [-0.4, -0.2) is 43.5 Å². The van der Waals surface area contributed by atoms with E-state index in [1.165, 1.54) is 0 Å². The fourth-order valence-electron chi connectivity index (χ4n) is 0.901. The summed E-state index contributed by atoms with van der Waals surface area (Å²) in [6, 6.07) is 0. The van der Waals surface area contributed by atoms with Gasteiger partial charge in [-0.1, -0.05) is 6.92 Å². The minimum Gasteiger partial charge on any atom is -0.315 e. The predicted octanol–water partition coefficient (Wildman–Crippen LogP) is 1.54. The number of hydrogen-bond acceptors (Lipinski definition) is 4. The molecule has 1 unspecified atom stereocenters. The Morgan fingerprint density at radius 1 is 1.33 bits per heavy atom. The van der Waals surface area contributed by atoms with E-state index in [2.05, 4.69) is 18.5 Å². The summed E-state index contributed by atoms with van der Waals surface area (Å²) < 4.78 is 22.8. The van der Waals surface area contributed by atoms with Gasteiger partial charge in [-0.2, -0.15) is 11.8 Å². The lowest BCUT2D eigenvalue weighted by molar-refractivity contribution is 0.556. The smallest absolute Gasteiger partial charge is 0.156 e. The Morgan fingerprint density at radius 2 is 1.87 bits per heavy atom. The lowest BCUT2D eigenvalue weighted by atomic mass is 10.3. The van der Waals surface area contributed by atoms with E-state index in [1.54, 1.807) is 32.5 Å². The van der Waals surface area contributed by atoms with Gasteiger partial charge in [-0.25, -0.2) is 8.42 Å². The molecule has 0 aromatic heterocycles. The third-order valence-electron chi connectivity index (χ3n) is 2.31. The van der Waals surface area contributed by atoms with E-state index in [-0.39, 0.29) is 5.75 Å². The van der Waals surface area contributed by atoms with Gasteiger partial charge in [0.05, 0.1) is 10.5 Å². The van der Waals surface area contributed by atoms with Crippen molar-refractivity contribution in [3.8, 4) is 0 Å². The van der Waals surface area contributed by atoms with E-state index in [9.17, 15) is 8.42 Å². The van der Waals surface area contributed by atoms with Crippen molar-refractivity contribution in [3.63, 3.8) is 0 Å². The summed E-state index contributed by atoms with van der Waals surface area (Å²) >= 11 is 1.78. The van der Waals surface area contributed by atoms with Gasteiger partial charge in [0.15, 0.2) is 9.84 Å². The molecular weight excluding hydrogens is 230 g/mol. The number of hydrogen-bond donors (Lipinski definition) is 1. The van der Waals surface area contributed by atoms with Crippen LogP contribution in [0.4, 0.5) is 0 Å². The quantitative estimate of drug-likeness (QED) is 0.730. The number of rotatable bonds is 6. The molecule has 0 aromatic carbocycles. The number of nitrogens with one attached hydrogen (secondary N) is 1. The number of thioether (sulfide) groups is 1. The first-order valence-corrected chi connectivity index (χ1v) is 8.10. The van der Waals surface area contributed by atoms with Crippen molar-refractivity contribution < 1.29 is 8.42 Å². The molecule has 0 aromatic rings. The second kappa shape index (κ2) is 6.11. The van der Waals surface area contributed by atoms with Crippen LogP contribution >= 0.6 is 11.8 Å². The molecule has 0 fully saturated rings. The molecular formula is C10H23NO2S2. The summed E-state index contributed by atoms with van der Waals surface area (Å²) in [6.07, 6.45) is 2.05. The van der Waals surface area contributed by atoms with E-state index in [1.807, 2.05) is 0 Å². The second-order valence-electron chi connectivity index (χ2n) is 4.68. The largest absolute Gasteiger partial charge is 0.315 e. The lowest BCUT2D eigenvalue weighted by Crippen LogP contribution is -2.36. The van der Waals surface area contributed by atoms with Crippen molar-refractivity contribution in [2.75, 3.05) is 25.1 Å². The molecule has 1 atom stereocenters. The maximum absolute atomic E-state index is 11.7. The predicted molar refractivity (Wildman–Crippen MR) is 69.4 cm³/mol. The first-order valence-electron chi connectivity index (χ1n) is 5.16. The van der Waals surface area contributed by atoms with Gasteiger partial charge in [-0.05, 0) is 27.0 Å². The molecule has 0 bridgehead atoms. The molecule has 0 amide bonds. The summed E-state index contributed by atoms with van der Waals surface area (Å²) in [4.78, 5) is 0. The van der Waals surface area contributed by atoms with Crippen molar-refractivity contribution >= 4 is 21.6 Å². The topological polar surface area (TPSA) is 46.2 Å². The highest BCUT2D eigenvalue weighted by Gasteiger charge is 2.27. The SMILES string of the molecule is CSC(C)CNCCS(=O)(=O)C(C)(C)C. The molecule has 0 aliphatic heterocycles. The van der Waals surface area contributed by atoms with Crippen LogP contribution in [0, 0.1) is 0 Å². The van der Waals surface area contributed by atoms with Crippen LogP contribution in [0.25, 0.3) is 0 Å². The Bertz CT molecular complexity index is 268. The maximum Gasteiger partial charge on any atom is 0.156 e. The summed E-state index contributed by atoms with van der Waals surface area (Å²) in [5.74, 6) is 0.220. The van der Waals surface area contributed by atoms with Gasteiger partial charge in [-0.15, -0.1) is 0 Å². The van der Waals surface area contributed by atoms with Crippen molar-refractivity contribution in [1.29, 1.82) is 0 Å². The zero-order valence-electron chi connectivity index (χ0n) is 10.3. The highest BCUT2D eigenvalue weighted by Crippen LogP contribution is 2.15. The zero-order chi connectivity index (χ0) is 12.1. The van der Waals surface area contributed by atoms with Crippen molar-refractivity contribution in [1.82, 2.24) is 5.32 Å². The summed E-state index contributed by atoms with van der Waals surface area (Å²) in [5.41, 5.74) is 0. The van der Waals surface area contributed by atoms with Gasteiger partial charge < -0.3 is 5.32 Å². The molecule has 0 radical (unpaired) electrons. The molecule has 0 aliphatic rings. The second-order valence-corrected chi connectivity index (χ2v) is 8.82. The Balaban J connectivity index is 3.88. The van der Waals surface area contributed by atoms with Crippen LogP contribution in [0.3, 0.4) is 0 Å². The minimum absolute atomic E-state index is 0.220. The fraction of sp³-hybridized carbons (Fsp3) is 1.00. The molecule has 0 saturated carbocycles. The van der Waals surface area contributed by atoms with Gasteiger partial charge in [0.25, 0.3) is 0 Å². The monoisotopic (exact) mass is 253 g/mol. The molecule has 0 heterocycles. The highest BCUT2D eigenvalue weighted by molar-refractivity contribution is 7.99. The van der Waals surface area contributed by atoms with E-state index in [0.29, 0.717) is 11.8 Å². The Kier molecular flexibility index (Phi) is 6.21. The number of sulfone groups is 1. The molecule has 15 heavy (non-hydrogen) atoms. The Morgan fingerprint density at radius 3 is 2.27 bits per heavy atom. The average molecular weight is 253 g/mol. The third-order valence-corrected chi connectivity index (χ3v) is 5.89. The van der Waals surface area contributed by atoms with Crippen molar-refractivity contribution in [2.24, 2.45) is 0 Å². The Labute approximate surface area is 98.3 Å². The van der Waals surface area contributed by atoms with Crippen LogP contribution in [0.15, 0.2) is 0 Å². The standard InChI is InChI=1S/C10H23NO2S2/c1-9(14-5)8-11-6-7-15(12,13)10(2,3)4/h9,11H,6-8H2,1-5H3. The van der Waals surface area contributed by atoms with E-state index >= 15 is 0 Å². The van der Waals surface area contributed by atoms with Crippen LogP contribution < -0.4 is 5.32 Å². The minimum atomic E-state index is -2.97. The van der Waals surface area contributed by atoms with Gasteiger partial charge in [0, 0.05) is 18.3 Å². The summed E-state index contributed by atoms with van der Waals surface area (Å²) in [6.45, 7) is 8.76. The first-order chi connectivity index (χ1) is 6.70. The molecule has 1 N–H and O–H groups in total. The molecule has 0 rings (SSSR count). The molecule has 0 saturated heterocycles. The normalized spacial score (nSPS) is 15.3. The van der Waals surface area contributed by atoms with Crippen molar-refractivity contribution in [3.05, 3.63) is 0 Å². The Hall–Kier alpha value is 0.260. The van der Waals surface area contributed by atoms with E-state index < -0.39 is 14.6 Å². The van der Waals surface area contributed by atoms with E-state index in [4.69, 9.17) is 0 Å². The molecule has 5 heteroatoms. The molecule has 3 nitrogen and oxygen atoms in total. The lowest BCUT2D eigenvalue weighted by Gasteiger charge is -2.19. The van der Waals surface area contributed by atoms with E-state index in [0.717, 1.165) is 6.54 Å². The van der Waals surface area contributed by atoms with Crippen LogP contribution in [0.2, 0.25) is 0 Å². The molecule has 0 aliphatic carbocycles. The third kappa shape index (κ3) is 5.78. The van der Waals surface area contributed by atoms with Gasteiger partial charge in [0.2, 0.25) is 0 Å². The summed E-state index contributed by atoms with van der Waals surface area (Å²) in [5, 5.41) is 3.69. The average Bonchev–Trinajstić information content (AvgIpc) is 2.10. The van der Waals surface area contributed by atoms with Crippen LogP contribution in [-0.2, 0) is 9.84 Å². The first kappa shape index (κ1) is 15.3. The zero-order valence-corrected chi connectivity index (χ0v) is 12.0.